The minimum atomic E-state index is 0.406. The summed E-state index contributed by atoms with van der Waals surface area (Å²) >= 11 is 0. The molecule has 4 aromatic rings. The molecule has 7 nitrogen and oxygen atoms in total. The Morgan fingerprint density at radius 1 is 0.966 bits per heavy atom. The summed E-state index contributed by atoms with van der Waals surface area (Å²) in [5, 5.41) is 1.07. The molecule has 7 heteroatoms. The van der Waals surface area contributed by atoms with Crippen LogP contribution < -0.4 is 14.2 Å². The van der Waals surface area contributed by atoms with Crippen LogP contribution >= 0.6 is 0 Å². The number of nitrogens with zero attached hydrogens (tertiary/aromatic N) is 2. The fourth-order valence-corrected chi connectivity index (χ4v) is 3.60. The number of ether oxygens (including phenoxy) is 4. The minimum absolute atomic E-state index is 0.406. The lowest BCUT2D eigenvalue weighted by atomic mass is 10.0. The van der Waals surface area contributed by atoms with E-state index in [-0.39, 0.29) is 0 Å². The highest BCUT2D eigenvalue weighted by atomic mass is 16.5. The maximum atomic E-state index is 5.55. The van der Waals surface area contributed by atoms with Crippen LogP contribution in [0.2, 0.25) is 0 Å². The van der Waals surface area contributed by atoms with E-state index in [1.807, 2.05) is 41.1 Å². The molecule has 2 aromatic heterocycles. The highest BCUT2D eigenvalue weighted by molar-refractivity contribution is 6.02. The highest BCUT2D eigenvalue weighted by Crippen LogP contribution is 2.44. The Labute approximate surface area is 168 Å². The summed E-state index contributed by atoms with van der Waals surface area (Å²) in [5.74, 6) is 2.55. The molecule has 0 aliphatic carbocycles. The molecule has 2 heterocycles. The van der Waals surface area contributed by atoms with Crippen LogP contribution in [0.4, 0.5) is 0 Å². The van der Waals surface area contributed by atoms with Gasteiger partial charge in [0, 0.05) is 36.0 Å². The molecule has 0 amide bonds. The number of fused-ring (bicyclic) bond motifs is 1. The summed E-state index contributed by atoms with van der Waals surface area (Å²) in [6.07, 6.45) is 3.68. The molecule has 0 spiro atoms. The number of para-hydroxylation sites is 1. The quantitative estimate of drug-likeness (QED) is 0.506. The lowest BCUT2D eigenvalue weighted by Crippen LogP contribution is -2.01. The van der Waals surface area contributed by atoms with Crippen LogP contribution in [-0.2, 0) is 11.5 Å². The van der Waals surface area contributed by atoms with E-state index < -0.39 is 0 Å². The summed E-state index contributed by atoms with van der Waals surface area (Å²) in [6.45, 7) is 0.406. The van der Waals surface area contributed by atoms with Gasteiger partial charge in [0.25, 0.3) is 0 Å². The number of methoxy groups -OCH3 is 4. The zero-order valence-electron chi connectivity index (χ0n) is 16.9. The van der Waals surface area contributed by atoms with E-state index in [9.17, 15) is 0 Å². The number of benzene rings is 2. The van der Waals surface area contributed by atoms with Crippen molar-refractivity contribution in [3.63, 3.8) is 0 Å². The predicted octanol–water partition coefficient (Wildman–Crippen LogP) is 4.33. The summed E-state index contributed by atoms with van der Waals surface area (Å²) in [6, 6.07) is 12.0. The van der Waals surface area contributed by atoms with E-state index in [0.717, 1.165) is 33.5 Å². The van der Waals surface area contributed by atoms with Crippen molar-refractivity contribution in [3.8, 4) is 39.9 Å². The molecule has 0 bridgehead atoms. The fourth-order valence-electron chi connectivity index (χ4n) is 3.60. The van der Waals surface area contributed by atoms with Crippen molar-refractivity contribution in [2.45, 2.75) is 6.73 Å². The summed E-state index contributed by atoms with van der Waals surface area (Å²) < 4.78 is 23.9. The number of nitrogens with one attached hydrogen (secondary N) is 1. The number of imidazole rings is 1. The summed E-state index contributed by atoms with van der Waals surface area (Å²) in [5.41, 5.74) is 3.81. The van der Waals surface area contributed by atoms with Crippen LogP contribution in [0.1, 0.15) is 0 Å². The molecule has 29 heavy (non-hydrogen) atoms. The topological polar surface area (TPSA) is 70.5 Å². The Kier molecular flexibility index (Phi) is 5.14. The van der Waals surface area contributed by atoms with Gasteiger partial charge in [0.1, 0.15) is 12.6 Å². The van der Waals surface area contributed by atoms with Gasteiger partial charge in [-0.05, 0) is 18.2 Å². The van der Waals surface area contributed by atoms with Crippen molar-refractivity contribution in [3.05, 3.63) is 48.8 Å². The number of H-pyrrole nitrogens is 1. The van der Waals surface area contributed by atoms with Crippen molar-refractivity contribution in [1.82, 2.24) is 14.5 Å². The van der Waals surface area contributed by atoms with Gasteiger partial charge in [-0.2, -0.15) is 0 Å². The molecule has 0 unspecified atom stereocenters. The zero-order valence-corrected chi connectivity index (χ0v) is 16.9. The monoisotopic (exact) mass is 393 g/mol. The van der Waals surface area contributed by atoms with Gasteiger partial charge in [-0.15, -0.1) is 0 Å². The van der Waals surface area contributed by atoms with Gasteiger partial charge in [-0.3, -0.25) is 0 Å². The first kappa shape index (κ1) is 18.9. The van der Waals surface area contributed by atoms with E-state index in [0.29, 0.717) is 24.0 Å². The lowest BCUT2D eigenvalue weighted by Gasteiger charge is -2.15. The smallest absolute Gasteiger partial charge is 0.203 e. The van der Waals surface area contributed by atoms with Crippen LogP contribution in [0.25, 0.3) is 33.5 Å². The van der Waals surface area contributed by atoms with Crippen LogP contribution in [0.5, 0.6) is 17.2 Å². The second kappa shape index (κ2) is 7.89. The van der Waals surface area contributed by atoms with Crippen LogP contribution in [-0.4, -0.2) is 43.0 Å². The molecule has 4 rings (SSSR count). The second-order valence-corrected chi connectivity index (χ2v) is 6.47. The van der Waals surface area contributed by atoms with Gasteiger partial charge in [0.15, 0.2) is 11.5 Å². The second-order valence-electron chi connectivity index (χ2n) is 6.47. The molecule has 0 saturated heterocycles. The molecule has 2 aromatic carbocycles. The Hall–Kier alpha value is -3.45. The van der Waals surface area contributed by atoms with E-state index in [4.69, 9.17) is 18.9 Å². The molecule has 1 N–H and O–H groups in total. The van der Waals surface area contributed by atoms with Crippen molar-refractivity contribution < 1.29 is 18.9 Å². The van der Waals surface area contributed by atoms with Crippen LogP contribution in [0, 0.1) is 0 Å². The van der Waals surface area contributed by atoms with Crippen molar-refractivity contribution in [1.29, 1.82) is 0 Å². The largest absolute Gasteiger partial charge is 0.493 e. The third-order valence-electron chi connectivity index (χ3n) is 4.87. The molecule has 0 atom stereocenters. The predicted molar refractivity (Wildman–Crippen MR) is 112 cm³/mol. The van der Waals surface area contributed by atoms with E-state index in [1.54, 1.807) is 34.6 Å². The molecule has 0 aliphatic heterocycles. The molecule has 0 fully saturated rings. The zero-order chi connectivity index (χ0) is 20.4. The first-order valence-electron chi connectivity index (χ1n) is 9.13. The van der Waals surface area contributed by atoms with E-state index in [2.05, 4.69) is 16.0 Å². The molecule has 150 valence electrons. The van der Waals surface area contributed by atoms with Gasteiger partial charge in [-0.1, -0.05) is 18.2 Å². The molecule has 0 radical (unpaired) electrons. The Morgan fingerprint density at radius 2 is 1.69 bits per heavy atom. The average Bonchev–Trinajstić information content (AvgIpc) is 3.36. The van der Waals surface area contributed by atoms with Gasteiger partial charge >= 0.3 is 0 Å². The maximum absolute atomic E-state index is 5.55. The fraction of sp³-hybridized carbons (Fsp3) is 0.227. The van der Waals surface area contributed by atoms with Crippen LogP contribution in [0.3, 0.4) is 0 Å². The van der Waals surface area contributed by atoms with Gasteiger partial charge in [0.2, 0.25) is 5.75 Å². The number of hydrogen-bond donors (Lipinski definition) is 1. The molecular formula is C22H23N3O4. The molecular weight excluding hydrogens is 370 g/mol. The maximum Gasteiger partial charge on any atom is 0.203 e. The van der Waals surface area contributed by atoms with Gasteiger partial charge in [-0.25, -0.2) is 4.98 Å². The standard InChI is InChI=1S/C22H23N3O4/c1-26-13-25-10-9-23-22(25)19-15-7-5-6-8-16(15)24-20(19)14-11-17(27-2)21(29-4)18(12-14)28-3/h5-12,24H,13H2,1-4H3. The first-order chi connectivity index (χ1) is 14.2. The third kappa shape index (κ3) is 3.19. The summed E-state index contributed by atoms with van der Waals surface area (Å²) in [7, 11) is 6.48. The first-order valence-corrected chi connectivity index (χ1v) is 9.13. The van der Waals surface area contributed by atoms with Crippen molar-refractivity contribution >= 4 is 10.9 Å². The number of aromatic nitrogens is 3. The SMILES string of the molecule is COCn1ccnc1-c1c(-c2cc(OC)c(OC)c(OC)c2)[nH]c2ccccc12. The third-order valence-corrected chi connectivity index (χ3v) is 4.87. The Morgan fingerprint density at radius 3 is 2.34 bits per heavy atom. The average molecular weight is 393 g/mol. The van der Waals surface area contributed by atoms with Crippen molar-refractivity contribution in [2.75, 3.05) is 28.4 Å². The molecule has 0 saturated carbocycles. The highest BCUT2D eigenvalue weighted by Gasteiger charge is 2.22. The van der Waals surface area contributed by atoms with Crippen LogP contribution in [0.15, 0.2) is 48.8 Å². The summed E-state index contributed by atoms with van der Waals surface area (Å²) in [4.78, 5) is 8.14. The van der Waals surface area contributed by atoms with Crippen molar-refractivity contribution in [2.24, 2.45) is 0 Å². The number of aromatic amines is 1. The van der Waals surface area contributed by atoms with Gasteiger partial charge in [0.05, 0.1) is 32.6 Å². The van der Waals surface area contributed by atoms with E-state index in [1.165, 1.54) is 0 Å². The van der Waals surface area contributed by atoms with Gasteiger partial charge < -0.3 is 28.5 Å². The Balaban J connectivity index is 2.01. The van der Waals surface area contributed by atoms with E-state index >= 15 is 0 Å². The minimum Gasteiger partial charge on any atom is -0.493 e. The normalized spacial score (nSPS) is 11.0. The lowest BCUT2D eigenvalue weighted by molar-refractivity contribution is 0.132. The number of rotatable bonds is 7. The number of hydrogen-bond acceptors (Lipinski definition) is 5. The Bertz CT molecular complexity index is 1120. The molecule has 0 aliphatic rings.